The van der Waals surface area contributed by atoms with Crippen molar-refractivity contribution in [1.29, 1.82) is 0 Å². The summed E-state index contributed by atoms with van der Waals surface area (Å²) in [7, 11) is 0. The van der Waals surface area contributed by atoms with Crippen LogP contribution in [0.15, 0.2) is 24.3 Å². The molecule has 2 rings (SSSR count). The van der Waals surface area contributed by atoms with Crippen LogP contribution in [0, 0.1) is 5.92 Å². The lowest BCUT2D eigenvalue weighted by Crippen LogP contribution is -2.27. The second kappa shape index (κ2) is 7.00. The van der Waals surface area contributed by atoms with Gasteiger partial charge in [0, 0.05) is 37.7 Å². The van der Waals surface area contributed by atoms with Gasteiger partial charge >= 0.3 is 6.09 Å². The lowest BCUT2D eigenvalue weighted by molar-refractivity contribution is -0.128. The topological polar surface area (TPSA) is 78.9 Å². The molecule has 1 unspecified atom stereocenters. The third-order valence-corrected chi connectivity index (χ3v) is 3.50. The molecule has 2 amide bonds. The molecule has 23 heavy (non-hydrogen) atoms. The second-order valence-corrected chi connectivity index (χ2v) is 6.85. The van der Waals surface area contributed by atoms with Crippen LogP contribution in [0.25, 0.3) is 0 Å². The number of nitrogens with one attached hydrogen (secondary N) is 1. The lowest BCUT2D eigenvalue weighted by atomic mass is 10.1. The van der Waals surface area contributed by atoms with Gasteiger partial charge in [-0.3, -0.25) is 10.1 Å². The Labute approximate surface area is 136 Å². The third kappa shape index (κ3) is 5.25. The zero-order valence-corrected chi connectivity index (χ0v) is 13.8. The number of rotatable bonds is 4. The van der Waals surface area contributed by atoms with E-state index in [-0.39, 0.29) is 18.4 Å². The average molecular weight is 320 g/mol. The van der Waals surface area contributed by atoms with Gasteiger partial charge in [0.05, 0.1) is 0 Å². The monoisotopic (exact) mass is 320 g/mol. The Kier molecular flexibility index (Phi) is 5.26. The quantitative estimate of drug-likeness (QED) is 0.893. The van der Waals surface area contributed by atoms with Crippen LogP contribution in [-0.4, -0.2) is 40.8 Å². The highest BCUT2D eigenvalue weighted by Gasteiger charge is 2.28. The minimum atomic E-state index is -0.553. The van der Waals surface area contributed by atoms with Crippen LogP contribution < -0.4 is 5.32 Å². The van der Waals surface area contributed by atoms with Crippen LogP contribution in [0.2, 0.25) is 0 Å². The number of carbonyl (C=O) groups excluding carboxylic acids is 2. The van der Waals surface area contributed by atoms with E-state index in [2.05, 4.69) is 5.32 Å². The Hall–Kier alpha value is -2.08. The van der Waals surface area contributed by atoms with Crippen molar-refractivity contribution in [3.8, 4) is 0 Å². The molecule has 6 nitrogen and oxygen atoms in total. The standard InChI is InChI=1S/C17H24N2O4/c1-17(2,3)23-16(22)18-14-6-4-5-12(7-14)9-19-10-13(11-20)8-15(19)21/h4-7,13,20H,8-11H2,1-3H3,(H,18,22). The molecule has 1 aliphatic rings. The van der Waals surface area contributed by atoms with Gasteiger partial charge in [-0.25, -0.2) is 4.79 Å². The van der Waals surface area contributed by atoms with Gasteiger partial charge in [-0.15, -0.1) is 0 Å². The van der Waals surface area contributed by atoms with Crippen molar-refractivity contribution in [2.75, 3.05) is 18.5 Å². The number of hydrogen-bond acceptors (Lipinski definition) is 4. The normalized spacial score (nSPS) is 18.2. The van der Waals surface area contributed by atoms with Crippen molar-refractivity contribution in [2.24, 2.45) is 5.92 Å². The molecule has 1 aromatic rings. The number of carbonyl (C=O) groups is 2. The van der Waals surface area contributed by atoms with E-state index in [1.54, 1.807) is 31.7 Å². The summed E-state index contributed by atoms with van der Waals surface area (Å²) in [4.78, 5) is 25.4. The summed E-state index contributed by atoms with van der Waals surface area (Å²) in [5.41, 5.74) is 0.996. The van der Waals surface area contributed by atoms with Crippen molar-refractivity contribution >= 4 is 17.7 Å². The molecule has 0 aliphatic carbocycles. The van der Waals surface area contributed by atoms with Crippen LogP contribution in [0.1, 0.15) is 32.8 Å². The molecular formula is C17H24N2O4. The Bertz CT molecular complexity index is 580. The molecule has 0 aromatic heterocycles. The summed E-state index contributed by atoms with van der Waals surface area (Å²) in [5, 5.41) is 11.9. The predicted molar refractivity (Wildman–Crippen MR) is 86.9 cm³/mol. The van der Waals surface area contributed by atoms with Gasteiger partial charge in [0.15, 0.2) is 0 Å². The SMILES string of the molecule is CC(C)(C)OC(=O)Nc1cccc(CN2CC(CO)CC2=O)c1. The fourth-order valence-electron chi connectivity index (χ4n) is 2.52. The molecule has 126 valence electrons. The molecule has 1 saturated heterocycles. The first-order valence-electron chi connectivity index (χ1n) is 7.74. The van der Waals surface area contributed by atoms with E-state index in [4.69, 9.17) is 9.84 Å². The summed E-state index contributed by atoms with van der Waals surface area (Å²) in [6.07, 6.45) is -0.112. The van der Waals surface area contributed by atoms with Crippen molar-refractivity contribution in [2.45, 2.75) is 39.3 Å². The number of anilines is 1. The molecule has 1 heterocycles. The first-order chi connectivity index (χ1) is 10.8. The Morgan fingerprint density at radius 3 is 2.78 bits per heavy atom. The summed E-state index contributed by atoms with van der Waals surface area (Å²) in [6.45, 7) is 6.49. The summed E-state index contributed by atoms with van der Waals surface area (Å²) in [6, 6.07) is 7.32. The molecule has 1 aromatic carbocycles. The van der Waals surface area contributed by atoms with E-state index in [1.807, 2.05) is 18.2 Å². The van der Waals surface area contributed by atoms with Gasteiger partial charge in [0.1, 0.15) is 5.60 Å². The molecule has 2 N–H and O–H groups in total. The zero-order chi connectivity index (χ0) is 17.0. The molecule has 0 bridgehead atoms. The Balaban J connectivity index is 1.97. The van der Waals surface area contributed by atoms with Crippen molar-refractivity contribution in [1.82, 2.24) is 4.90 Å². The number of hydrogen-bond donors (Lipinski definition) is 2. The predicted octanol–water partition coefficient (Wildman–Crippen LogP) is 2.37. The first kappa shape index (κ1) is 17.3. The number of ether oxygens (including phenoxy) is 1. The number of aliphatic hydroxyl groups excluding tert-OH is 1. The van der Waals surface area contributed by atoms with E-state index in [1.165, 1.54) is 0 Å². The van der Waals surface area contributed by atoms with Crippen LogP contribution in [0.3, 0.4) is 0 Å². The van der Waals surface area contributed by atoms with Gasteiger partial charge in [-0.05, 0) is 38.5 Å². The maximum absolute atomic E-state index is 11.9. The molecule has 6 heteroatoms. The van der Waals surface area contributed by atoms with Crippen LogP contribution in [-0.2, 0) is 16.1 Å². The van der Waals surface area contributed by atoms with Gasteiger partial charge in [-0.1, -0.05) is 12.1 Å². The molecule has 0 radical (unpaired) electrons. The molecule has 1 fully saturated rings. The van der Waals surface area contributed by atoms with Crippen molar-refractivity contribution in [3.05, 3.63) is 29.8 Å². The number of benzene rings is 1. The summed E-state index contributed by atoms with van der Waals surface area (Å²) >= 11 is 0. The average Bonchev–Trinajstić information content (AvgIpc) is 2.77. The summed E-state index contributed by atoms with van der Waals surface area (Å²) in [5.74, 6) is 0.0696. The number of amides is 2. The minimum Gasteiger partial charge on any atom is -0.444 e. The third-order valence-electron chi connectivity index (χ3n) is 3.50. The van der Waals surface area contributed by atoms with Gasteiger partial charge in [0.2, 0.25) is 5.91 Å². The fourth-order valence-corrected chi connectivity index (χ4v) is 2.52. The van der Waals surface area contributed by atoms with Crippen LogP contribution in [0.4, 0.5) is 10.5 Å². The van der Waals surface area contributed by atoms with Gasteiger partial charge in [-0.2, -0.15) is 0 Å². The zero-order valence-electron chi connectivity index (χ0n) is 13.8. The van der Waals surface area contributed by atoms with E-state index in [9.17, 15) is 9.59 Å². The second-order valence-electron chi connectivity index (χ2n) is 6.85. The fraction of sp³-hybridized carbons (Fsp3) is 0.529. The highest BCUT2D eigenvalue weighted by atomic mass is 16.6. The highest BCUT2D eigenvalue weighted by Crippen LogP contribution is 2.21. The molecular weight excluding hydrogens is 296 g/mol. The maximum Gasteiger partial charge on any atom is 0.412 e. The largest absolute Gasteiger partial charge is 0.444 e. The van der Waals surface area contributed by atoms with Crippen LogP contribution >= 0.6 is 0 Å². The van der Waals surface area contributed by atoms with Gasteiger partial charge < -0.3 is 14.7 Å². The molecule has 0 saturated carbocycles. The Morgan fingerprint density at radius 2 is 2.17 bits per heavy atom. The number of nitrogens with zero attached hydrogens (tertiary/aromatic N) is 1. The van der Waals surface area contributed by atoms with E-state index < -0.39 is 11.7 Å². The lowest BCUT2D eigenvalue weighted by Gasteiger charge is -2.20. The van der Waals surface area contributed by atoms with Crippen LogP contribution in [0.5, 0.6) is 0 Å². The van der Waals surface area contributed by atoms with Gasteiger partial charge in [0.25, 0.3) is 0 Å². The molecule has 0 spiro atoms. The minimum absolute atomic E-state index is 0.0190. The molecule has 1 aliphatic heterocycles. The summed E-state index contributed by atoms with van der Waals surface area (Å²) < 4.78 is 5.22. The smallest absolute Gasteiger partial charge is 0.412 e. The van der Waals surface area contributed by atoms with Crippen molar-refractivity contribution in [3.63, 3.8) is 0 Å². The highest BCUT2D eigenvalue weighted by molar-refractivity contribution is 5.85. The van der Waals surface area contributed by atoms with E-state index in [0.29, 0.717) is 25.2 Å². The Morgan fingerprint density at radius 1 is 1.43 bits per heavy atom. The maximum atomic E-state index is 11.9. The van der Waals surface area contributed by atoms with E-state index in [0.717, 1.165) is 5.56 Å². The van der Waals surface area contributed by atoms with E-state index >= 15 is 0 Å². The molecule has 1 atom stereocenters. The number of aliphatic hydroxyl groups is 1. The van der Waals surface area contributed by atoms with Crippen molar-refractivity contribution < 1.29 is 19.4 Å². The first-order valence-corrected chi connectivity index (χ1v) is 7.74. The number of likely N-dealkylation sites (tertiary alicyclic amines) is 1.